The summed E-state index contributed by atoms with van der Waals surface area (Å²) in [6.07, 6.45) is 0.132. The second-order valence-corrected chi connectivity index (χ2v) is 7.40. The van der Waals surface area contributed by atoms with Crippen LogP contribution in [0, 0.1) is 0 Å². The fourth-order valence-electron chi connectivity index (χ4n) is 3.20. The minimum Gasteiger partial charge on any atom is -0.444 e. The van der Waals surface area contributed by atoms with Gasteiger partial charge in [0, 0.05) is 20.1 Å². The lowest BCUT2D eigenvalue weighted by Gasteiger charge is -2.24. The molecule has 1 aliphatic rings. The summed E-state index contributed by atoms with van der Waals surface area (Å²) in [7, 11) is 1.65. The van der Waals surface area contributed by atoms with Gasteiger partial charge in [0.1, 0.15) is 5.60 Å². The monoisotopic (exact) mass is 345 g/mol. The van der Waals surface area contributed by atoms with Gasteiger partial charge in [0.2, 0.25) is 0 Å². The Bertz CT molecular complexity index is 936. The number of para-hydroxylation sites is 1. The summed E-state index contributed by atoms with van der Waals surface area (Å²) in [5, 5.41) is 0.500. The van der Waals surface area contributed by atoms with Gasteiger partial charge < -0.3 is 9.64 Å². The number of rotatable bonds is 1. The van der Waals surface area contributed by atoms with Gasteiger partial charge in [-0.2, -0.15) is 0 Å². The number of fused-ring (bicyclic) bond motifs is 1. The van der Waals surface area contributed by atoms with Gasteiger partial charge in [-0.3, -0.25) is 13.9 Å². The summed E-state index contributed by atoms with van der Waals surface area (Å²) in [5.41, 5.74) is -0.643. The number of nitrogens with zero attached hydrogens (tertiary/aromatic N) is 3. The molecule has 0 radical (unpaired) electrons. The summed E-state index contributed by atoms with van der Waals surface area (Å²) < 4.78 is 8.13. The molecule has 1 amide bonds. The summed E-state index contributed by atoms with van der Waals surface area (Å²) in [4.78, 5) is 39.3. The van der Waals surface area contributed by atoms with Crippen LogP contribution in [0.5, 0.6) is 0 Å². The van der Waals surface area contributed by atoms with Gasteiger partial charge in [-0.25, -0.2) is 9.59 Å². The molecule has 1 atom stereocenters. The highest BCUT2D eigenvalue weighted by Crippen LogP contribution is 2.22. The maximum absolute atomic E-state index is 12.8. The number of carbonyl (C=O) groups is 1. The van der Waals surface area contributed by atoms with Crippen LogP contribution in [0.25, 0.3) is 10.9 Å². The molecule has 0 N–H and O–H groups in total. The van der Waals surface area contributed by atoms with E-state index in [1.165, 1.54) is 9.13 Å². The number of likely N-dealkylation sites (tertiary alicyclic amines) is 1. The van der Waals surface area contributed by atoms with Gasteiger partial charge in [-0.1, -0.05) is 12.1 Å². The first-order chi connectivity index (χ1) is 11.7. The third kappa shape index (κ3) is 3.18. The van der Waals surface area contributed by atoms with Gasteiger partial charge in [-0.15, -0.1) is 0 Å². The number of aryl methyl sites for hydroxylation is 1. The summed E-state index contributed by atoms with van der Waals surface area (Å²) >= 11 is 0. The Morgan fingerprint density at radius 1 is 1.20 bits per heavy atom. The molecule has 7 heteroatoms. The van der Waals surface area contributed by atoms with E-state index in [1.54, 1.807) is 36.2 Å². The first-order valence-electron chi connectivity index (χ1n) is 8.37. The van der Waals surface area contributed by atoms with E-state index in [9.17, 15) is 14.4 Å². The van der Waals surface area contributed by atoms with Crippen molar-refractivity contribution in [2.24, 2.45) is 7.05 Å². The van der Waals surface area contributed by atoms with Crippen molar-refractivity contribution in [3.8, 4) is 0 Å². The van der Waals surface area contributed by atoms with Crippen molar-refractivity contribution in [1.82, 2.24) is 14.0 Å². The van der Waals surface area contributed by atoms with E-state index in [-0.39, 0.29) is 17.3 Å². The molecule has 1 saturated heterocycles. The zero-order chi connectivity index (χ0) is 18.4. The predicted octanol–water partition coefficient (Wildman–Crippen LogP) is 1.88. The molecule has 25 heavy (non-hydrogen) atoms. The van der Waals surface area contributed by atoms with E-state index in [2.05, 4.69) is 0 Å². The van der Waals surface area contributed by atoms with Crippen LogP contribution < -0.4 is 11.2 Å². The van der Waals surface area contributed by atoms with Crippen molar-refractivity contribution in [3.05, 3.63) is 45.1 Å². The van der Waals surface area contributed by atoms with Crippen molar-refractivity contribution in [3.63, 3.8) is 0 Å². The Morgan fingerprint density at radius 3 is 2.56 bits per heavy atom. The second kappa shape index (κ2) is 6.06. The highest BCUT2D eigenvalue weighted by molar-refractivity contribution is 5.77. The van der Waals surface area contributed by atoms with Gasteiger partial charge in [0.15, 0.2) is 0 Å². The molecule has 1 fully saturated rings. The normalized spacial score (nSPS) is 17.9. The minimum absolute atomic E-state index is 0.294. The van der Waals surface area contributed by atoms with Crippen molar-refractivity contribution in [2.45, 2.75) is 38.8 Å². The quantitative estimate of drug-likeness (QED) is 0.791. The topological polar surface area (TPSA) is 73.5 Å². The lowest BCUT2D eigenvalue weighted by Crippen LogP contribution is -2.43. The maximum Gasteiger partial charge on any atom is 0.410 e. The van der Waals surface area contributed by atoms with E-state index < -0.39 is 11.7 Å². The standard InChI is InChI=1S/C18H23N3O4/c1-18(2,3)25-17(24)20-10-9-12(11-20)21-15(22)13-7-5-6-8-14(13)19(4)16(21)23/h5-8,12H,9-11H2,1-4H3/t12-/m0/s1. The van der Waals surface area contributed by atoms with Gasteiger partial charge in [-0.05, 0) is 39.3 Å². The number of hydrogen-bond donors (Lipinski definition) is 0. The van der Waals surface area contributed by atoms with Crippen LogP contribution >= 0.6 is 0 Å². The van der Waals surface area contributed by atoms with Gasteiger partial charge in [0.25, 0.3) is 5.56 Å². The summed E-state index contributed by atoms with van der Waals surface area (Å²) in [5.74, 6) is 0. The number of benzene rings is 1. The molecule has 0 aliphatic carbocycles. The minimum atomic E-state index is -0.578. The Kier molecular flexibility index (Phi) is 4.18. The molecule has 0 spiro atoms. The molecule has 2 aromatic rings. The molecule has 0 unspecified atom stereocenters. The molecule has 2 heterocycles. The van der Waals surface area contributed by atoms with Crippen LogP contribution in [0.15, 0.2) is 33.9 Å². The molecular weight excluding hydrogens is 322 g/mol. The van der Waals surface area contributed by atoms with Crippen molar-refractivity contribution < 1.29 is 9.53 Å². The molecule has 1 aromatic heterocycles. The number of aromatic nitrogens is 2. The highest BCUT2D eigenvalue weighted by Gasteiger charge is 2.32. The molecule has 3 rings (SSSR count). The molecule has 0 saturated carbocycles. The summed E-state index contributed by atoms with van der Waals surface area (Å²) in [6, 6.07) is 6.70. The zero-order valence-electron chi connectivity index (χ0n) is 15.0. The third-order valence-electron chi connectivity index (χ3n) is 4.39. The Morgan fingerprint density at radius 2 is 1.88 bits per heavy atom. The average molecular weight is 345 g/mol. The van der Waals surface area contributed by atoms with Gasteiger partial charge in [0.05, 0.1) is 16.9 Å². The smallest absolute Gasteiger partial charge is 0.410 e. The van der Waals surface area contributed by atoms with Crippen LogP contribution in [0.2, 0.25) is 0 Å². The van der Waals surface area contributed by atoms with Crippen molar-refractivity contribution in [2.75, 3.05) is 13.1 Å². The Balaban J connectivity index is 1.95. The fraction of sp³-hybridized carbons (Fsp3) is 0.500. The van der Waals surface area contributed by atoms with Crippen molar-refractivity contribution >= 4 is 17.0 Å². The van der Waals surface area contributed by atoms with E-state index in [1.807, 2.05) is 20.8 Å². The largest absolute Gasteiger partial charge is 0.444 e. The van der Waals surface area contributed by atoms with Crippen molar-refractivity contribution in [1.29, 1.82) is 0 Å². The SMILES string of the molecule is Cn1c(=O)n([C@H]2CCN(C(=O)OC(C)(C)C)C2)c(=O)c2ccccc21. The van der Waals surface area contributed by atoms with Crippen LogP contribution in [-0.4, -0.2) is 38.8 Å². The zero-order valence-corrected chi connectivity index (χ0v) is 15.0. The lowest BCUT2D eigenvalue weighted by atomic mass is 10.2. The number of carbonyl (C=O) groups excluding carboxylic acids is 1. The Hall–Kier alpha value is -2.57. The van der Waals surface area contributed by atoms with E-state index in [0.717, 1.165) is 0 Å². The number of ether oxygens (including phenoxy) is 1. The van der Waals surface area contributed by atoms with Crippen LogP contribution in [0.1, 0.15) is 33.2 Å². The third-order valence-corrected chi connectivity index (χ3v) is 4.39. The number of hydrogen-bond acceptors (Lipinski definition) is 4. The fourth-order valence-corrected chi connectivity index (χ4v) is 3.20. The number of amides is 1. The molecule has 134 valence electrons. The van der Waals surface area contributed by atoms with Crippen LogP contribution in [-0.2, 0) is 11.8 Å². The average Bonchev–Trinajstić information content (AvgIpc) is 3.01. The Labute approximate surface area is 145 Å². The van der Waals surface area contributed by atoms with E-state index in [0.29, 0.717) is 30.4 Å². The summed E-state index contributed by atoms with van der Waals surface area (Å²) in [6.45, 7) is 6.18. The molecular formula is C18H23N3O4. The maximum atomic E-state index is 12.8. The molecule has 0 bridgehead atoms. The molecule has 7 nitrogen and oxygen atoms in total. The molecule has 1 aliphatic heterocycles. The lowest BCUT2D eigenvalue weighted by molar-refractivity contribution is 0.0288. The van der Waals surface area contributed by atoms with Crippen LogP contribution in [0.4, 0.5) is 4.79 Å². The van der Waals surface area contributed by atoms with E-state index in [4.69, 9.17) is 4.74 Å². The highest BCUT2D eigenvalue weighted by atomic mass is 16.6. The van der Waals surface area contributed by atoms with Gasteiger partial charge >= 0.3 is 11.8 Å². The molecule has 1 aromatic carbocycles. The first-order valence-corrected chi connectivity index (χ1v) is 8.37. The van der Waals surface area contributed by atoms with Crippen LogP contribution in [0.3, 0.4) is 0 Å². The predicted molar refractivity (Wildman–Crippen MR) is 94.9 cm³/mol. The van der Waals surface area contributed by atoms with E-state index >= 15 is 0 Å². The first kappa shape index (κ1) is 17.3. The second-order valence-electron chi connectivity index (χ2n) is 7.40.